The first-order valence-electron chi connectivity index (χ1n) is 9.10. The Labute approximate surface area is 161 Å². The fraction of sp³-hybridized carbons (Fsp3) is 0.333. The lowest BCUT2D eigenvalue weighted by molar-refractivity contribution is -0.116. The van der Waals surface area contributed by atoms with Gasteiger partial charge in [0.2, 0.25) is 5.91 Å². The van der Waals surface area contributed by atoms with Crippen LogP contribution in [-0.2, 0) is 17.9 Å². The monoisotopic (exact) mass is 368 g/mol. The minimum absolute atomic E-state index is 0.0477. The third-order valence-electron chi connectivity index (χ3n) is 4.02. The van der Waals surface area contributed by atoms with Crippen LogP contribution in [0.4, 0.5) is 5.69 Å². The van der Waals surface area contributed by atoms with Gasteiger partial charge >= 0.3 is 0 Å². The molecule has 3 N–H and O–H groups in total. The number of methoxy groups -OCH3 is 1. The van der Waals surface area contributed by atoms with Gasteiger partial charge in [-0.05, 0) is 41.8 Å². The van der Waals surface area contributed by atoms with E-state index in [2.05, 4.69) is 20.9 Å². The van der Waals surface area contributed by atoms with Crippen molar-refractivity contribution in [1.82, 2.24) is 10.6 Å². The molecule has 0 aliphatic carbocycles. The SMILES string of the molecule is CCCC(=O)Nc1ccc(CNC(=NC)NCc2ccc(OC)cc2)cc1. The lowest BCUT2D eigenvalue weighted by atomic mass is 10.2. The number of rotatable bonds is 8. The van der Waals surface area contributed by atoms with Crippen molar-refractivity contribution in [2.75, 3.05) is 19.5 Å². The van der Waals surface area contributed by atoms with E-state index in [-0.39, 0.29) is 5.91 Å². The number of guanidine groups is 1. The Morgan fingerprint density at radius 2 is 1.52 bits per heavy atom. The van der Waals surface area contributed by atoms with E-state index in [1.54, 1.807) is 14.2 Å². The molecule has 144 valence electrons. The fourth-order valence-electron chi connectivity index (χ4n) is 2.49. The predicted molar refractivity (Wildman–Crippen MR) is 110 cm³/mol. The maximum Gasteiger partial charge on any atom is 0.224 e. The van der Waals surface area contributed by atoms with E-state index in [0.717, 1.165) is 34.9 Å². The van der Waals surface area contributed by atoms with Gasteiger partial charge in [-0.25, -0.2) is 0 Å². The molecule has 0 fully saturated rings. The van der Waals surface area contributed by atoms with Crippen LogP contribution in [0, 0.1) is 0 Å². The Balaban J connectivity index is 1.80. The van der Waals surface area contributed by atoms with Crippen LogP contribution in [0.5, 0.6) is 5.75 Å². The summed E-state index contributed by atoms with van der Waals surface area (Å²) in [6.45, 7) is 3.31. The van der Waals surface area contributed by atoms with Crippen LogP contribution >= 0.6 is 0 Å². The van der Waals surface area contributed by atoms with Gasteiger partial charge in [-0.3, -0.25) is 9.79 Å². The molecular weight excluding hydrogens is 340 g/mol. The smallest absolute Gasteiger partial charge is 0.224 e. The van der Waals surface area contributed by atoms with Crippen molar-refractivity contribution in [3.05, 3.63) is 59.7 Å². The molecule has 1 amide bonds. The van der Waals surface area contributed by atoms with E-state index in [9.17, 15) is 4.79 Å². The highest BCUT2D eigenvalue weighted by atomic mass is 16.5. The van der Waals surface area contributed by atoms with Crippen molar-refractivity contribution in [3.8, 4) is 5.75 Å². The van der Waals surface area contributed by atoms with Gasteiger partial charge < -0.3 is 20.7 Å². The number of hydrogen-bond donors (Lipinski definition) is 3. The second-order valence-electron chi connectivity index (χ2n) is 6.12. The number of anilines is 1. The average molecular weight is 368 g/mol. The molecule has 0 saturated carbocycles. The number of carbonyl (C=O) groups is 1. The van der Waals surface area contributed by atoms with Crippen LogP contribution in [0.25, 0.3) is 0 Å². The minimum Gasteiger partial charge on any atom is -0.497 e. The molecule has 2 rings (SSSR count). The lowest BCUT2D eigenvalue weighted by Gasteiger charge is -2.13. The van der Waals surface area contributed by atoms with Gasteiger partial charge in [-0.1, -0.05) is 31.2 Å². The van der Waals surface area contributed by atoms with E-state index in [1.807, 2.05) is 55.5 Å². The first-order valence-corrected chi connectivity index (χ1v) is 9.10. The maximum atomic E-state index is 11.6. The van der Waals surface area contributed by atoms with E-state index in [0.29, 0.717) is 19.5 Å². The largest absolute Gasteiger partial charge is 0.497 e. The van der Waals surface area contributed by atoms with Gasteiger partial charge in [0, 0.05) is 32.2 Å². The number of aliphatic imine (C=N–C) groups is 1. The molecule has 27 heavy (non-hydrogen) atoms. The summed E-state index contributed by atoms with van der Waals surface area (Å²) >= 11 is 0. The first kappa shape index (κ1) is 20.3. The van der Waals surface area contributed by atoms with Crippen molar-refractivity contribution in [1.29, 1.82) is 0 Å². The summed E-state index contributed by atoms with van der Waals surface area (Å²) in [7, 11) is 3.40. The van der Waals surface area contributed by atoms with Crippen LogP contribution in [-0.4, -0.2) is 26.0 Å². The zero-order valence-corrected chi connectivity index (χ0v) is 16.2. The number of hydrogen-bond acceptors (Lipinski definition) is 3. The third-order valence-corrected chi connectivity index (χ3v) is 4.02. The molecule has 0 radical (unpaired) electrons. The molecule has 6 nitrogen and oxygen atoms in total. The maximum absolute atomic E-state index is 11.6. The highest BCUT2D eigenvalue weighted by Crippen LogP contribution is 2.11. The molecule has 0 unspecified atom stereocenters. The van der Waals surface area contributed by atoms with Crippen LogP contribution in [0.15, 0.2) is 53.5 Å². The molecule has 0 bridgehead atoms. The quantitative estimate of drug-likeness (QED) is 0.494. The summed E-state index contributed by atoms with van der Waals surface area (Å²) in [4.78, 5) is 15.9. The zero-order chi connectivity index (χ0) is 19.5. The van der Waals surface area contributed by atoms with Gasteiger partial charge in [0.05, 0.1) is 7.11 Å². The summed E-state index contributed by atoms with van der Waals surface area (Å²) in [6, 6.07) is 15.7. The van der Waals surface area contributed by atoms with Gasteiger partial charge in [-0.15, -0.1) is 0 Å². The molecule has 0 aliphatic heterocycles. The average Bonchev–Trinajstić information content (AvgIpc) is 2.70. The predicted octanol–water partition coefficient (Wildman–Crippen LogP) is 3.30. The molecule has 0 saturated heterocycles. The lowest BCUT2D eigenvalue weighted by Crippen LogP contribution is -2.36. The van der Waals surface area contributed by atoms with Crippen molar-refractivity contribution in [2.45, 2.75) is 32.9 Å². The van der Waals surface area contributed by atoms with Crippen molar-refractivity contribution in [2.24, 2.45) is 4.99 Å². The van der Waals surface area contributed by atoms with E-state index in [4.69, 9.17) is 4.74 Å². The van der Waals surface area contributed by atoms with E-state index in [1.165, 1.54) is 0 Å². The summed E-state index contributed by atoms with van der Waals surface area (Å²) in [5.74, 6) is 1.62. The topological polar surface area (TPSA) is 74.8 Å². The molecule has 0 atom stereocenters. The number of amides is 1. The van der Waals surface area contributed by atoms with Crippen molar-refractivity contribution in [3.63, 3.8) is 0 Å². The standard InChI is InChI=1S/C21H28N4O2/c1-4-5-20(26)25-18-10-6-16(7-11-18)14-23-21(22-2)24-15-17-8-12-19(27-3)13-9-17/h6-13H,4-5,14-15H2,1-3H3,(H,25,26)(H2,22,23,24). The third kappa shape index (κ3) is 7.01. The van der Waals surface area contributed by atoms with Gasteiger partial charge in [0.25, 0.3) is 0 Å². The van der Waals surface area contributed by atoms with Crippen LogP contribution in [0.1, 0.15) is 30.9 Å². The highest BCUT2D eigenvalue weighted by molar-refractivity contribution is 5.90. The number of benzene rings is 2. The van der Waals surface area contributed by atoms with Gasteiger partial charge in [0.15, 0.2) is 5.96 Å². The molecule has 2 aromatic rings. The van der Waals surface area contributed by atoms with E-state index >= 15 is 0 Å². The highest BCUT2D eigenvalue weighted by Gasteiger charge is 2.02. The molecular formula is C21H28N4O2. The molecule has 6 heteroatoms. The van der Waals surface area contributed by atoms with Crippen molar-refractivity contribution >= 4 is 17.6 Å². The molecule has 0 aliphatic rings. The van der Waals surface area contributed by atoms with E-state index < -0.39 is 0 Å². The second kappa shape index (κ2) is 10.9. The normalized spacial score (nSPS) is 11.0. The summed E-state index contributed by atoms with van der Waals surface area (Å²) in [5, 5.41) is 9.46. The minimum atomic E-state index is 0.0477. The Morgan fingerprint density at radius 3 is 2.00 bits per heavy atom. The second-order valence-corrected chi connectivity index (χ2v) is 6.12. The molecule has 0 aromatic heterocycles. The molecule has 0 spiro atoms. The van der Waals surface area contributed by atoms with Crippen LogP contribution in [0.2, 0.25) is 0 Å². The Bertz CT molecular complexity index is 740. The number of ether oxygens (including phenoxy) is 1. The molecule has 0 heterocycles. The fourth-order valence-corrected chi connectivity index (χ4v) is 2.49. The van der Waals surface area contributed by atoms with Crippen LogP contribution in [0.3, 0.4) is 0 Å². The zero-order valence-electron chi connectivity index (χ0n) is 16.2. The van der Waals surface area contributed by atoms with Crippen LogP contribution < -0.4 is 20.7 Å². The summed E-state index contributed by atoms with van der Waals surface area (Å²) in [5.41, 5.74) is 3.07. The first-order chi connectivity index (χ1) is 13.1. The summed E-state index contributed by atoms with van der Waals surface area (Å²) < 4.78 is 5.17. The number of nitrogens with zero attached hydrogens (tertiary/aromatic N) is 1. The Hall–Kier alpha value is -3.02. The number of nitrogens with one attached hydrogen (secondary N) is 3. The molecule has 2 aromatic carbocycles. The number of carbonyl (C=O) groups excluding carboxylic acids is 1. The Morgan fingerprint density at radius 1 is 0.963 bits per heavy atom. The summed E-state index contributed by atoms with van der Waals surface area (Å²) in [6.07, 6.45) is 1.38. The Kier molecular flexibility index (Phi) is 8.16. The van der Waals surface area contributed by atoms with Gasteiger partial charge in [-0.2, -0.15) is 0 Å². The van der Waals surface area contributed by atoms with Crippen molar-refractivity contribution < 1.29 is 9.53 Å². The van der Waals surface area contributed by atoms with Gasteiger partial charge in [0.1, 0.15) is 5.75 Å².